The topological polar surface area (TPSA) is 79.5 Å². The Bertz CT molecular complexity index is 551. The molecule has 1 unspecified atom stereocenters. The number of hydrogen-bond acceptors (Lipinski definition) is 4. The molecule has 7 heteroatoms. The summed E-state index contributed by atoms with van der Waals surface area (Å²) in [6, 6.07) is 5.12. The summed E-state index contributed by atoms with van der Waals surface area (Å²) in [7, 11) is 2.25. The molecule has 0 spiro atoms. The fourth-order valence-electron chi connectivity index (χ4n) is 2.31. The molecule has 0 radical (unpaired) electrons. The molecular formula is C15H22BN3O3. The van der Waals surface area contributed by atoms with Crippen molar-refractivity contribution >= 4 is 24.8 Å². The normalized spacial score (nSPS) is 13.9. The third kappa shape index (κ3) is 4.08. The van der Waals surface area contributed by atoms with Crippen molar-refractivity contribution in [3.8, 4) is 0 Å². The molecule has 2 rings (SSSR count). The molecule has 118 valence electrons. The molecule has 1 aromatic carbocycles. The molecule has 1 aliphatic heterocycles. The maximum atomic E-state index is 12.2. The minimum Gasteiger partial charge on any atom is -0.430 e. The number of amides is 2. The van der Waals surface area contributed by atoms with Gasteiger partial charge in [-0.05, 0) is 30.6 Å². The molecular weight excluding hydrogens is 281 g/mol. The van der Waals surface area contributed by atoms with E-state index in [1.807, 2.05) is 19.1 Å². The Morgan fingerprint density at radius 3 is 2.91 bits per heavy atom. The average Bonchev–Trinajstić information content (AvgIpc) is 3.00. The van der Waals surface area contributed by atoms with Gasteiger partial charge in [0.25, 0.3) is 5.91 Å². The van der Waals surface area contributed by atoms with Gasteiger partial charge in [-0.15, -0.1) is 0 Å². The lowest BCUT2D eigenvalue weighted by atomic mass is 9.86. The highest BCUT2D eigenvalue weighted by atomic mass is 16.4. The van der Waals surface area contributed by atoms with E-state index < -0.39 is 6.04 Å². The number of fused-ring (bicyclic) bond motifs is 1. The van der Waals surface area contributed by atoms with Crippen LogP contribution in [-0.4, -0.2) is 45.5 Å². The van der Waals surface area contributed by atoms with Crippen molar-refractivity contribution in [1.82, 2.24) is 16.0 Å². The van der Waals surface area contributed by atoms with Crippen LogP contribution in [0.4, 0.5) is 0 Å². The van der Waals surface area contributed by atoms with Crippen molar-refractivity contribution in [3.63, 3.8) is 0 Å². The van der Waals surface area contributed by atoms with Gasteiger partial charge in [-0.2, -0.15) is 0 Å². The standard InChI is InChI=1S/C15H22BN3O3/c1-3-6-18-15(21)13(17-2)8-19-14(20)10-4-5-11-9-22-16-12(11)7-10/h4-5,7,13,16-17H,3,6,8-9H2,1-2H3,(H,18,21)(H,19,20). The Labute approximate surface area is 131 Å². The van der Waals surface area contributed by atoms with Gasteiger partial charge in [0.15, 0.2) is 0 Å². The Morgan fingerprint density at radius 1 is 1.36 bits per heavy atom. The monoisotopic (exact) mass is 303 g/mol. The van der Waals surface area contributed by atoms with Gasteiger partial charge in [-0.25, -0.2) is 0 Å². The van der Waals surface area contributed by atoms with E-state index in [0.717, 1.165) is 17.4 Å². The van der Waals surface area contributed by atoms with Gasteiger partial charge in [-0.1, -0.05) is 19.1 Å². The molecule has 0 saturated carbocycles. The minimum absolute atomic E-state index is 0.105. The van der Waals surface area contributed by atoms with E-state index in [9.17, 15) is 9.59 Å². The van der Waals surface area contributed by atoms with Crippen molar-refractivity contribution in [2.24, 2.45) is 0 Å². The number of benzene rings is 1. The van der Waals surface area contributed by atoms with Crippen LogP contribution in [0.2, 0.25) is 0 Å². The Balaban J connectivity index is 1.89. The first kappa shape index (κ1) is 16.5. The van der Waals surface area contributed by atoms with E-state index in [-0.39, 0.29) is 18.4 Å². The van der Waals surface area contributed by atoms with E-state index in [0.29, 0.717) is 26.2 Å². The maximum Gasteiger partial charge on any atom is 0.309 e. The number of nitrogens with one attached hydrogen (secondary N) is 3. The zero-order valence-corrected chi connectivity index (χ0v) is 13.1. The predicted molar refractivity (Wildman–Crippen MR) is 86.5 cm³/mol. The Morgan fingerprint density at radius 2 is 2.18 bits per heavy atom. The molecule has 0 aromatic heterocycles. The molecule has 6 nitrogen and oxygen atoms in total. The first-order chi connectivity index (χ1) is 10.7. The van der Waals surface area contributed by atoms with Crippen molar-refractivity contribution in [2.45, 2.75) is 26.0 Å². The molecule has 2 amide bonds. The van der Waals surface area contributed by atoms with Crippen LogP contribution in [0.3, 0.4) is 0 Å². The van der Waals surface area contributed by atoms with E-state index in [4.69, 9.17) is 4.65 Å². The highest BCUT2D eigenvalue weighted by Crippen LogP contribution is 2.08. The van der Waals surface area contributed by atoms with Crippen LogP contribution in [0.1, 0.15) is 29.3 Å². The first-order valence-electron chi connectivity index (χ1n) is 7.58. The summed E-state index contributed by atoms with van der Waals surface area (Å²) in [5.41, 5.74) is 2.77. The highest BCUT2D eigenvalue weighted by molar-refractivity contribution is 6.49. The van der Waals surface area contributed by atoms with E-state index in [2.05, 4.69) is 16.0 Å². The fraction of sp³-hybridized carbons (Fsp3) is 0.467. The van der Waals surface area contributed by atoms with Crippen LogP contribution in [0, 0.1) is 0 Å². The Kier molecular flexibility index (Phi) is 5.97. The minimum atomic E-state index is -0.437. The number of rotatable bonds is 7. The molecule has 3 N–H and O–H groups in total. The molecule has 22 heavy (non-hydrogen) atoms. The second-order valence-electron chi connectivity index (χ2n) is 5.32. The molecule has 0 fully saturated rings. The molecule has 1 aliphatic rings. The second kappa shape index (κ2) is 7.96. The first-order valence-corrected chi connectivity index (χ1v) is 7.58. The van der Waals surface area contributed by atoms with Gasteiger partial charge in [-0.3, -0.25) is 9.59 Å². The lowest BCUT2D eigenvalue weighted by Crippen LogP contribution is -2.49. The van der Waals surface area contributed by atoms with Crippen LogP contribution in [0.15, 0.2) is 18.2 Å². The summed E-state index contributed by atoms with van der Waals surface area (Å²) in [5.74, 6) is -0.287. The van der Waals surface area contributed by atoms with Crippen molar-refractivity contribution < 1.29 is 14.2 Å². The molecule has 0 saturated heterocycles. The molecule has 1 atom stereocenters. The SMILES string of the molecule is CCCNC(=O)C(CNC(=O)c1ccc2c(c1)BOC2)NC. The number of likely N-dealkylation sites (N-methyl/N-ethyl adjacent to an activating group) is 1. The van der Waals surface area contributed by atoms with Gasteiger partial charge in [0.1, 0.15) is 6.04 Å². The summed E-state index contributed by atoms with van der Waals surface area (Å²) in [5, 5.41) is 8.52. The zero-order chi connectivity index (χ0) is 15.9. The van der Waals surface area contributed by atoms with Gasteiger partial charge in [0, 0.05) is 18.7 Å². The molecule has 1 aromatic rings. The zero-order valence-electron chi connectivity index (χ0n) is 13.1. The van der Waals surface area contributed by atoms with Crippen molar-refractivity contribution in [2.75, 3.05) is 20.1 Å². The number of carbonyl (C=O) groups is 2. The van der Waals surface area contributed by atoms with Crippen LogP contribution < -0.4 is 21.4 Å². The summed E-state index contributed by atoms with van der Waals surface area (Å²) in [4.78, 5) is 24.1. The lowest BCUT2D eigenvalue weighted by molar-refractivity contribution is -0.122. The van der Waals surface area contributed by atoms with E-state index >= 15 is 0 Å². The molecule has 0 aliphatic carbocycles. The van der Waals surface area contributed by atoms with Gasteiger partial charge >= 0.3 is 7.48 Å². The summed E-state index contributed by atoms with van der Waals surface area (Å²) >= 11 is 0. The summed E-state index contributed by atoms with van der Waals surface area (Å²) < 4.78 is 5.34. The van der Waals surface area contributed by atoms with Crippen LogP contribution in [0.5, 0.6) is 0 Å². The highest BCUT2D eigenvalue weighted by Gasteiger charge is 2.19. The average molecular weight is 303 g/mol. The second-order valence-corrected chi connectivity index (χ2v) is 5.32. The van der Waals surface area contributed by atoms with Crippen molar-refractivity contribution in [1.29, 1.82) is 0 Å². The fourth-order valence-corrected chi connectivity index (χ4v) is 2.31. The van der Waals surface area contributed by atoms with Crippen LogP contribution in [0.25, 0.3) is 0 Å². The Hall–Kier alpha value is -1.86. The third-order valence-corrected chi connectivity index (χ3v) is 3.66. The number of carbonyl (C=O) groups excluding carboxylic acids is 2. The van der Waals surface area contributed by atoms with Gasteiger partial charge < -0.3 is 20.6 Å². The smallest absolute Gasteiger partial charge is 0.309 e. The van der Waals surface area contributed by atoms with Gasteiger partial charge in [0.05, 0.1) is 6.61 Å². The maximum absolute atomic E-state index is 12.2. The van der Waals surface area contributed by atoms with Gasteiger partial charge in [0.2, 0.25) is 5.91 Å². The largest absolute Gasteiger partial charge is 0.430 e. The molecule has 1 heterocycles. The predicted octanol–water partition coefficient (Wildman–Crippen LogP) is -0.962. The third-order valence-electron chi connectivity index (χ3n) is 3.66. The van der Waals surface area contributed by atoms with E-state index in [1.165, 1.54) is 0 Å². The summed E-state index contributed by atoms with van der Waals surface area (Å²) in [6.45, 7) is 3.49. The van der Waals surface area contributed by atoms with Crippen molar-refractivity contribution in [3.05, 3.63) is 29.3 Å². The van der Waals surface area contributed by atoms with E-state index in [1.54, 1.807) is 13.1 Å². The quantitative estimate of drug-likeness (QED) is 0.567. The van der Waals surface area contributed by atoms with Crippen LogP contribution >= 0.6 is 0 Å². The summed E-state index contributed by atoms with van der Waals surface area (Å²) in [6.07, 6.45) is 0.881. The van der Waals surface area contributed by atoms with Crippen LogP contribution in [-0.2, 0) is 16.1 Å². The molecule has 0 bridgehead atoms. The lowest BCUT2D eigenvalue weighted by Gasteiger charge is -2.16. The number of hydrogen-bond donors (Lipinski definition) is 3.